The number of nitrogens with one attached hydrogen (secondary N) is 2. The van der Waals surface area contributed by atoms with E-state index in [9.17, 15) is 21.2 Å². The van der Waals surface area contributed by atoms with Crippen molar-refractivity contribution in [3.05, 3.63) is 72.2 Å². The molecule has 0 atom stereocenters. The molecule has 1 aromatic heterocycles. The molecular weight excluding hydrogens is 455 g/mol. The van der Waals surface area contributed by atoms with Crippen molar-refractivity contribution in [2.45, 2.75) is 11.4 Å². The molecule has 0 radical (unpaired) electrons. The number of aromatic nitrogens is 1. The van der Waals surface area contributed by atoms with Gasteiger partial charge >= 0.3 is 0 Å². The molecule has 0 bridgehead atoms. The van der Waals surface area contributed by atoms with E-state index in [0.717, 1.165) is 10.0 Å². The highest BCUT2D eigenvalue weighted by molar-refractivity contribution is 7.90. The van der Waals surface area contributed by atoms with Gasteiger partial charge in [-0.15, -0.1) is 12.4 Å². The lowest BCUT2D eigenvalue weighted by molar-refractivity contribution is 0.587. The van der Waals surface area contributed by atoms with Gasteiger partial charge in [-0.1, -0.05) is 18.2 Å². The second kappa shape index (κ2) is 9.14. The molecule has 0 aliphatic rings. The number of anilines is 1. The van der Waals surface area contributed by atoms with E-state index in [-0.39, 0.29) is 34.2 Å². The van der Waals surface area contributed by atoms with Crippen LogP contribution in [0.4, 0.5) is 10.1 Å². The number of nitrogens with two attached hydrogens (primary N) is 1. The zero-order chi connectivity index (χ0) is 21.2. The molecule has 30 heavy (non-hydrogen) atoms. The Balaban J connectivity index is 0.00000320. The predicted octanol–water partition coefficient (Wildman–Crippen LogP) is 2.29. The molecule has 162 valence electrons. The second-order valence-electron chi connectivity index (χ2n) is 6.22. The Morgan fingerprint density at radius 1 is 1.03 bits per heavy atom. The first-order chi connectivity index (χ1) is 13.6. The van der Waals surface area contributed by atoms with Crippen LogP contribution in [0.1, 0.15) is 5.56 Å². The summed E-state index contributed by atoms with van der Waals surface area (Å²) in [7, 11) is -6.53. The van der Waals surface area contributed by atoms with Gasteiger partial charge in [0.1, 0.15) is 5.82 Å². The lowest BCUT2D eigenvalue weighted by Gasteiger charge is -2.12. The van der Waals surface area contributed by atoms with Gasteiger partial charge in [0.25, 0.3) is 20.2 Å². The average molecular weight is 475 g/mol. The fourth-order valence-electron chi connectivity index (χ4n) is 2.86. The van der Waals surface area contributed by atoms with Crippen LogP contribution < -0.4 is 15.2 Å². The highest BCUT2D eigenvalue weighted by atomic mass is 35.5. The van der Waals surface area contributed by atoms with E-state index in [0.29, 0.717) is 12.1 Å². The fraction of sp³-hybridized carbons (Fsp3) is 0.111. The SMILES string of the molecule is CNCc1cc(-c2ccccc2F)n(S(=O)(=O)c2cccc(NS(N)(=O)=O)c2)c1.Cl. The summed E-state index contributed by atoms with van der Waals surface area (Å²) in [6.07, 6.45) is 1.40. The molecule has 0 aliphatic carbocycles. The lowest BCUT2D eigenvalue weighted by Crippen LogP contribution is -2.22. The normalized spacial score (nSPS) is 11.7. The van der Waals surface area contributed by atoms with Crippen LogP contribution in [0.3, 0.4) is 0 Å². The minimum atomic E-state index is -4.16. The summed E-state index contributed by atoms with van der Waals surface area (Å²) >= 11 is 0. The third-order valence-electron chi connectivity index (χ3n) is 4.02. The highest BCUT2D eigenvalue weighted by Crippen LogP contribution is 2.29. The molecule has 0 unspecified atom stereocenters. The van der Waals surface area contributed by atoms with Crippen molar-refractivity contribution in [2.75, 3.05) is 11.8 Å². The Hall–Kier alpha value is -2.44. The van der Waals surface area contributed by atoms with Gasteiger partial charge in [0.2, 0.25) is 0 Å². The topological polar surface area (TPSA) is 123 Å². The molecule has 0 spiro atoms. The van der Waals surface area contributed by atoms with Crippen LogP contribution >= 0.6 is 12.4 Å². The second-order valence-corrected chi connectivity index (χ2v) is 9.33. The summed E-state index contributed by atoms with van der Waals surface area (Å²) < 4.78 is 66.5. The molecular formula is C18H20ClFN4O4S2. The molecule has 2 aromatic carbocycles. The Morgan fingerprint density at radius 2 is 1.73 bits per heavy atom. The first-order valence-electron chi connectivity index (χ1n) is 8.39. The van der Waals surface area contributed by atoms with Gasteiger partial charge < -0.3 is 5.32 Å². The van der Waals surface area contributed by atoms with Gasteiger partial charge in [0.05, 0.1) is 16.3 Å². The largest absolute Gasteiger partial charge is 0.316 e. The Kier molecular flexibility index (Phi) is 7.27. The number of hydrogen-bond donors (Lipinski definition) is 3. The quantitative estimate of drug-likeness (QED) is 0.484. The van der Waals surface area contributed by atoms with Crippen LogP contribution in [0, 0.1) is 5.82 Å². The van der Waals surface area contributed by atoms with E-state index in [1.54, 1.807) is 19.2 Å². The first-order valence-corrected chi connectivity index (χ1v) is 11.4. The van der Waals surface area contributed by atoms with Gasteiger partial charge in [-0.25, -0.2) is 21.9 Å². The zero-order valence-electron chi connectivity index (χ0n) is 15.7. The molecule has 0 fully saturated rings. The molecule has 0 saturated heterocycles. The van der Waals surface area contributed by atoms with Crippen molar-refractivity contribution in [2.24, 2.45) is 5.14 Å². The van der Waals surface area contributed by atoms with Crippen molar-refractivity contribution in [3.8, 4) is 11.3 Å². The average Bonchev–Trinajstić information content (AvgIpc) is 3.06. The molecule has 3 rings (SSSR count). The molecule has 0 aliphatic heterocycles. The van der Waals surface area contributed by atoms with E-state index in [1.807, 2.05) is 4.72 Å². The molecule has 0 amide bonds. The summed E-state index contributed by atoms with van der Waals surface area (Å²) in [4.78, 5) is -0.185. The van der Waals surface area contributed by atoms with E-state index in [1.165, 1.54) is 42.6 Å². The summed E-state index contributed by atoms with van der Waals surface area (Å²) in [6.45, 7) is 0.372. The number of rotatable bonds is 7. The summed E-state index contributed by atoms with van der Waals surface area (Å²) in [5.74, 6) is -0.567. The van der Waals surface area contributed by atoms with Crippen molar-refractivity contribution in [1.29, 1.82) is 0 Å². The summed E-state index contributed by atoms with van der Waals surface area (Å²) in [5, 5.41) is 7.87. The Morgan fingerprint density at radius 3 is 2.37 bits per heavy atom. The molecule has 12 heteroatoms. The molecule has 4 N–H and O–H groups in total. The van der Waals surface area contributed by atoms with Gasteiger partial charge in [0, 0.05) is 18.3 Å². The van der Waals surface area contributed by atoms with Gasteiger partial charge in [0.15, 0.2) is 0 Å². The highest BCUT2D eigenvalue weighted by Gasteiger charge is 2.23. The standard InChI is InChI=1S/C18H19FN4O4S2.ClH/c1-21-11-13-9-18(16-7-2-3-8-17(16)19)23(12-13)28(24,25)15-6-4-5-14(10-15)22-29(20,26)27;/h2-10,12,21-22H,11H2,1H3,(H2,20,26,27);1H. The maximum absolute atomic E-state index is 14.4. The fourth-order valence-corrected chi connectivity index (χ4v) is 4.75. The van der Waals surface area contributed by atoms with E-state index >= 15 is 0 Å². The number of halogens is 2. The van der Waals surface area contributed by atoms with Crippen LogP contribution in [-0.2, 0) is 26.8 Å². The van der Waals surface area contributed by atoms with Gasteiger partial charge in [-0.2, -0.15) is 8.42 Å². The van der Waals surface area contributed by atoms with Crippen LogP contribution in [0.2, 0.25) is 0 Å². The summed E-state index contributed by atoms with van der Waals surface area (Å²) in [6, 6.07) is 12.6. The van der Waals surface area contributed by atoms with Crippen LogP contribution in [0.25, 0.3) is 11.3 Å². The van der Waals surface area contributed by atoms with Crippen molar-refractivity contribution >= 4 is 38.3 Å². The van der Waals surface area contributed by atoms with E-state index in [4.69, 9.17) is 5.14 Å². The minimum Gasteiger partial charge on any atom is -0.316 e. The third kappa shape index (κ3) is 5.18. The van der Waals surface area contributed by atoms with Gasteiger partial charge in [-0.3, -0.25) is 4.72 Å². The molecule has 0 saturated carbocycles. The Labute approximate surface area is 180 Å². The predicted molar refractivity (Wildman–Crippen MR) is 116 cm³/mol. The molecule has 8 nitrogen and oxygen atoms in total. The maximum atomic E-state index is 14.4. The van der Waals surface area contributed by atoms with Crippen LogP contribution in [0.15, 0.2) is 65.7 Å². The van der Waals surface area contributed by atoms with Crippen LogP contribution in [0.5, 0.6) is 0 Å². The zero-order valence-corrected chi connectivity index (χ0v) is 18.2. The monoisotopic (exact) mass is 474 g/mol. The van der Waals surface area contributed by atoms with E-state index in [2.05, 4.69) is 5.32 Å². The number of nitrogens with zero attached hydrogens (tertiary/aromatic N) is 1. The third-order valence-corrected chi connectivity index (χ3v) is 6.21. The van der Waals surface area contributed by atoms with Gasteiger partial charge in [-0.05, 0) is 49.0 Å². The maximum Gasteiger partial charge on any atom is 0.296 e. The number of hydrogen-bond acceptors (Lipinski definition) is 5. The van der Waals surface area contributed by atoms with Crippen molar-refractivity contribution < 1.29 is 21.2 Å². The van der Waals surface area contributed by atoms with Crippen molar-refractivity contribution in [3.63, 3.8) is 0 Å². The molecule has 1 heterocycles. The summed E-state index contributed by atoms with van der Waals surface area (Å²) in [5.41, 5.74) is 0.896. The lowest BCUT2D eigenvalue weighted by atomic mass is 10.1. The smallest absolute Gasteiger partial charge is 0.296 e. The first kappa shape index (κ1) is 23.8. The number of benzene rings is 2. The van der Waals surface area contributed by atoms with Crippen LogP contribution in [-0.4, -0.2) is 27.9 Å². The van der Waals surface area contributed by atoms with E-state index < -0.39 is 26.0 Å². The molecule has 3 aromatic rings. The minimum absolute atomic E-state index is 0. The van der Waals surface area contributed by atoms with Crippen molar-refractivity contribution in [1.82, 2.24) is 9.29 Å². The Bertz CT molecular complexity index is 1260.